The van der Waals surface area contributed by atoms with Crippen LogP contribution in [0.3, 0.4) is 0 Å². The summed E-state index contributed by atoms with van der Waals surface area (Å²) in [5.41, 5.74) is 1.29. The standard InChI is InChI=1S/C18H20FN5OS/c1-11-10-25-5-4-24(11)17-8-15(22-18(21-2)23-17)12-6-14(19)13(9-20)16(7-12)26-3/h6-8,11H,4-5,10H2,1-3H3,(H,21,22,23)/t11-/m1/s1. The molecule has 2 heterocycles. The Morgan fingerprint density at radius 2 is 2.19 bits per heavy atom. The van der Waals surface area contributed by atoms with Crippen LogP contribution in [0.2, 0.25) is 0 Å². The second-order valence-electron chi connectivity index (χ2n) is 5.95. The Kier molecular flexibility index (Phi) is 5.59. The molecule has 1 atom stereocenters. The molecule has 0 saturated carbocycles. The summed E-state index contributed by atoms with van der Waals surface area (Å²) in [6, 6.07) is 7.11. The Balaban J connectivity index is 2.09. The van der Waals surface area contributed by atoms with Gasteiger partial charge in [0.05, 0.1) is 24.9 Å². The van der Waals surface area contributed by atoms with E-state index < -0.39 is 5.82 Å². The van der Waals surface area contributed by atoms with E-state index in [1.165, 1.54) is 17.8 Å². The number of halogens is 1. The first-order chi connectivity index (χ1) is 12.6. The summed E-state index contributed by atoms with van der Waals surface area (Å²) in [5.74, 6) is 0.692. The number of thioether (sulfide) groups is 1. The average Bonchev–Trinajstić information content (AvgIpc) is 2.67. The van der Waals surface area contributed by atoms with Crippen molar-refractivity contribution in [2.45, 2.75) is 17.9 Å². The molecule has 0 spiro atoms. The maximum atomic E-state index is 14.4. The zero-order valence-electron chi connectivity index (χ0n) is 14.9. The van der Waals surface area contributed by atoms with E-state index in [9.17, 15) is 4.39 Å². The van der Waals surface area contributed by atoms with Crippen molar-refractivity contribution in [2.24, 2.45) is 0 Å². The van der Waals surface area contributed by atoms with Gasteiger partial charge in [0.25, 0.3) is 0 Å². The fraction of sp³-hybridized carbons (Fsp3) is 0.389. The van der Waals surface area contributed by atoms with Crippen LogP contribution in [-0.4, -0.2) is 49.1 Å². The minimum Gasteiger partial charge on any atom is -0.377 e. The van der Waals surface area contributed by atoms with Crippen molar-refractivity contribution >= 4 is 23.5 Å². The normalized spacial score (nSPS) is 17.0. The number of hydrogen-bond acceptors (Lipinski definition) is 7. The van der Waals surface area contributed by atoms with E-state index in [1.807, 2.05) is 18.4 Å². The number of hydrogen-bond donors (Lipinski definition) is 1. The zero-order chi connectivity index (χ0) is 18.7. The van der Waals surface area contributed by atoms with Crippen LogP contribution >= 0.6 is 11.8 Å². The number of morpholine rings is 1. The molecule has 1 aliphatic rings. The van der Waals surface area contributed by atoms with Gasteiger partial charge in [-0.15, -0.1) is 11.8 Å². The SMILES string of the molecule is CNc1nc(-c2cc(F)c(C#N)c(SC)c2)cc(N2CCOC[C@H]2C)n1. The van der Waals surface area contributed by atoms with Crippen molar-refractivity contribution in [3.8, 4) is 17.3 Å². The highest BCUT2D eigenvalue weighted by molar-refractivity contribution is 7.98. The van der Waals surface area contributed by atoms with E-state index in [-0.39, 0.29) is 11.6 Å². The fourth-order valence-electron chi connectivity index (χ4n) is 2.91. The first kappa shape index (κ1) is 18.4. The minimum absolute atomic E-state index is 0.0613. The van der Waals surface area contributed by atoms with Crippen LogP contribution in [0.15, 0.2) is 23.1 Å². The molecule has 0 unspecified atom stereocenters. The van der Waals surface area contributed by atoms with E-state index in [4.69, 9.17) is 10.00 Å². The molecule has 26 heavy (non-hydrogen) atoms. The molecule has 136 valence electrons. The molecule has 3 rings (SSSR count). The van der Waals surface area contributed by atoms with Crippen LogP contribution in [-0.2, 0) is 4.74 Å². The summed E-state index contributed by atoms with van der Waals surface area (Å²) < 4.78 is 19.9. The van der Waals surface area contributed by atoms with Gasteiger partial charge in [-0.2, -0.15) is 10.2 Å². The van der Waals surface area contributed by atoms with Gasteiger partial charge in [0, 0.05) is 30.1 Å². The lowest BCUT2D eigenvalue weighted by Gasteiger charge is -2.34. The predicted molar refractivity (Wildman–Crippen MR) is 101 cm³/mol. The molecule has 6 nitrogen and oxygen atoms in total. The van der Waals surface area contributed by atoms with Gasteiger partial charge in [-0.05, 0) is 25.3 Å². The highest BCUT2D eigenvalue weighted by atomic mass is 32.2. The fourth-order valence-corrected chi connectivity index (χ4v) is 3.50. The highest BCUT2D eigenvalue weighted by Gasteiger charge is 2.22. The van der Waals surface area contributed by atoms with Crippen LogP contribution in [0.25, 0.3) is 11.3 Å². The molecule has 1 saturated heterocycles. The topological polar surface area (TPSA) is 74.1 Å². The molecule has 0 radical (unpaired) electrons. The van der Waals surface area contributed by atoms with Crippen LogP contribution in [0.4, 0.5) is 16.2 Å². The number of benzene rings is 1. The van der Waals surface area contributed by atoms with Crippen LogP contribution in [0.5, 0.6) is 0 Å². The Labute approximate surface area is 156 Å². The summed E-state index contributed by atoms with van der Waals surface area (Å²) in [4.78, 5) is 11.8. The molecule has 0 amide bonds. The van der Waals surface area contributed by atoms with Gasteiger partial charge in [-0.25, -0.2) is 9.37 Å². The largest absolute Gasteiger partial charge is 0.377 e. The molecule has 1 fully saturated rings. The smallest absolute Gasteiger partial charge is 0.224 e. The van der Waals surface area contributed by atoms with E-state index in [0.29, 0.717) is 35.3 Å². The first-order valence-electron chi connectivity index (χ1n) is 8.26. The molecule has 2 aromatic rings. The van der Waals surface area contributed by atoms with Gasteiger partial charge < -0.3 is 15.0 Å². The second kappa shape index (κ2) is 7.89. The van der Waals surface area contributed by atoms with Crippen molar-refractivity contribution in [1.29, 1.82) is 5.26 Å². The van der Waals surface area contributed by atoms with Crippen molar-refractivity contribution in [2.75, 3.05) is 43.3 Å². The number of aromatic nitrogens is 2. The lowest BCUT2D eigenvalue weighted by Crippen LogP contribution is -2.44. The number of nitriles is 1. The Morgan fingerprint density at radius 1 is 1.38 bits per heavy atom. The molecular formula is C18H20FN5OS. The van der Waals surface area contributed by atoms with Gasteiger partial charge in [0.15, 0.2) is 0 Å². The lowest BCUT2D eigenvalue weighted by atomic mass is 10.1. The number of nitrogens with one attached hydrogen (secondary N) is 1. The summed E-state index contributed by atoms with van der Waals surface area (Å²) in [7, 11) is 1.75. The predicted octanol–water partition coefficient (Wildman–Crippen LogP) is 3.14. The average molecular weight is 373 g/mol. The van der Waals surface area contributed by atoms with E-state index in [0.717, 1.165) is 12.4 Å². The van der Waals surface area contributed by atoms with Crippen molar-refractivity contribution < 1.29 is 9.13 Å². The van der Waals surface area contributed by atoms with Gasteiger partial charge >= 0.3 is 0 Å². The first-order valence-corrected chi connectivity index (χ1v) is 9.49. The number of nitrogens with zero attached hydrogens (tertiary/aromatic N) is 4. The van der Waals surface area contributed by atoms with Gasteiger partial charge in [-0.1, -0.05) is 0 Å². The molecule has 0 bridgehead atoms. The van der Waals surface area contributed by atoms with Crippen LogP contribution in [0.1, 0.15) is 12.5 Å². The monoisotopic (exact) mass is 373 g/mol. The van der Waals surface area contributed by atoms with E-state index >= 15 is 0 Å². The number of anilines is 2. The molecule has 1 N–H and O–H groups in total. The van der Waals surface area contributed by atoms with Crippen molar-refractivity contribution in [1.82, 2.24) is 9.97 Å². The third-order valence-corrected chi connectivity index (χ3v) is 5.04. The van der Waals surface area contributed by atoms with Gasteiger partial charge in [0.2, 0.25) is 5.95 Å². The van der Waals surface area contributed by atoms with Gasteiger partial charge in [0.1, 0.15) is 23.3 Å². The lowest BCUT2D eigenvalue weighted by molar-refractivity contribution is 0.0985. The van der Waals surface area contributed by atoms with E-state index in [2.05, 4.69) is 27.1 Å². The highest BCUT2D eigenvalue weighted by Crippen LogP contribution is 2.31. The third kappa shape index (κ3) is 3.59. The maximum absolute atomic E-state index is 14.4. The molecule has 8 heteroatoms. The van der Waals surface area contributed by atoms with Gasteiger partial charge in [-0.3, -0.25) is 0 Å². The summed E-state index contributed by atoms with van der Waals surface area (Å²) >= 11 is 1.34. The zero-order valence-corrected chi connectivity index (χ0v) is 15.7. The molecule has 1 aromatic heterocycles. The number of ether oxygens (including phenoxy) is 1. The summed E-state index contributed by atoms with van der Waals surface area (Å²) in [6.07, 6.45) is 1.82. The Bertz CT molecular complexity index is 854. The summed E-state index contributed by atoms with van der Waals surface area (Å²) in [5, 5.41) is 12.1. The molecule has 0 aliphatic carbocycles. The Morgan fingerprint density at radius 3 is 2.85 bits per heavy atom. The minimum atomic E-state index is -0.541. The van der Waals surface area contributed by atoms with Crippen molar-refractivity contribution in [3.63, 3.8) is 0 Å². The molecular weight excluding hydrogens is 353 g/mol. The van der Waals surface area contributed by atoms with Crippen LogP contribution < -0.4 is 10.2 Å². The second-order valence-corrected chi connectivity index (χ2v) is 6.80. The Hall–Kier alpha value is -2.37. The molecule has 1 aliphatic heterocycles. The quantitative estimate of drug-likeness (QED) is 0.825. The van der Waals surface area contributed by atoms with Crippen molar-refractivity contribution in [3.05, 3.63) is 29.6 Å². The van der Waals surface area contributed by atoms with E-state index in [1.54, 1.807) is 13.1 Å². The molecule has 1 aromatic carbocycles. The number of rotatable bonds is 4. The summed E-state index contributed by atoms with van der Waals surface area (Å²) in [6.45, 7) is 4.09. The maximum Gasteiger partial charge on any atom is 0.224 e. The van der Waals surface area contributed by atoms with Crippen LogP contribution in [0, 0.1) is 17.1 Å². The third-order valence-electron chi connectivity index (χ3n) is 4.28.